The van der Waals surface area contributed by atoms with Crippen LogP contribution >= 0.6 is 15.9 Å². The monoisotopic (exact) mass is 300 g/mol. The topological polar surface area (TPSA) is 38.0 Å². The number of hydrogen-bond acceptors (Lipinski definition) is 2. The molecule has 2 nitrogen and oxygen atoms in total. The fourth-order valence-electron chi connectivity index (χ4n) is 2.40. The smallest absolute Gasteiger partial charge is 0.128 e. The summed E-state index contributed by atoms with van der Waals surface area (Å²) < 4.78 is 14.5. The minimum absolute atomic E-state index is 0.199. The third-order valence-corrected chi connectivity index (χ3v) is 3.90. The van der Waals surface area contributed by atoms with Crippen molar-refractivity contribution >= 4 is 15.9 Å². The van der Waals surface area contributed by atoms with Gasteiger partial charge in [0.05, 0.1) is 0 Å². The first-order valence-corrected chi connectivity index (χ1v) is 6.87. The summed E-state index contributed by atoms with van der Waals surface area (Å²) >= 11 is 3.36. The molecule has 1 unspecified atom stereocenters. The van der Waals surface area contributed by atoms with Crippen molar-refractivity contribution in [2.24, 2.45) is 11.7 Å². The Kier molecular flexibility index (Phi) is 4.54. The van der Waals surface area contributed by atoms with Gasteiger partial charge in [0, 0.05) is 16.1 Å². The number of rotatable bonds is 3. The van der Waals surface area contributed by atoms with Gasteiger partial charge < -0.3 is 11.1 Å². The molecule has 1 saturated heterocycles. The summed E-state index contributed by atoms with van der Waals surface area (Å²) in [4.78, 5) is 0. The van der Waals surface area contributed by atoms with Crippen LogP contribution in [0.15, 0.2) is 22.7 Å². The number of hydrogen-bond donors (Lipinski definition) is 2. The molecule has 0 radical (unpaired) electrons. The Labute approximate surface area is 110 Å². The third kappa shape index (κ3) is 3.50. The average Bonchev–Trinajstić information content (AvgIpc) is 2.33. The van der Waals surface area contributed by atoms with E-state index in [1.807, 2.05) is 0 Å². The highest BCUT2D eigenvalue weighted by atomic mass is 79.9. The van der Waals surface area contributed by atoms with E-state index in [-0.39, 0.29) is 11.9 Å². The molecule has 2 rings (SSSR count). The number of halogens is 2. The van der Waals surface area contributed by atoms with Gasteiger partial charge in [-0.2, -0.15) is 0 Å². The van der Waals surface area contributed by atoms with Gasteiger partial charge in [0.1, 0.15) is 5.82 Å². The lowest BCUT2D eigenvalue weighted by molar-refractivity contribution is 0.330. The summed E-state index contributed by atoms with van der Waals surface area (Å²) in [5, 5.41) is 3.33. The quantitative estimate of drug-likeness (QED) is 0.901. The van der Waals surface area contributed by atoms with Crippen LogP contribution in [-0.2, 0) is 0 Å². The van der Waals surface area contributed by atoms with Crippen LogP contribution < -0.4 is 11.1 Å². The first-order chi connectivity index (χ1) is 8.16. The van der Waals surface area contributed by atoms with Crippen molar-refractivity contribution in [3.05, 3.63) is 34.1 Å². The second-order valence-electron chi connectivity index (χ2n) is 4.70. The van der Waals surface area contributed by atoms with E-state index in [0.29, 0.717) is 11.5 Å². The highest BCUT2D eigenvalue weighted by Gasteiger charge is 2.19. The average molecular weight is 301 g/mol. The minimum Gasteiger partial charge on any atom is -0.324 e. The highest BCUT2D eigenvalue weighted by molar-refractivity contribution is 9.10. The number of nitrogens with one attached hydrogen (secondary N) is 1. The molecular weight excluding hydrogens is 283 g/mol. The fraction of sp³-hybridized carbons (Fsp3) is 0.538. The van der Waals surface area contributed by atoms with Gasteiger partial charge in [-0.05, 0) is 56.5 Å². The molecule has 1 heterocycles. The maximum Gasteiger partial charge on any atom is 0.128 e. The molecule has 1 aromatic carbocycles. The molecule has 94 valence electrons. The Morgan fingerprint density at radius 1 is 1.41 bits per heavy atom. The molecule has 3 N–H and O–H groups in total. The molecule has 1 aromatic rings. The van der Waals surface area contributed by atoms with Crippen LogP contribution in [0.5, 0.6) is 0 Å². The second kappa shape index (κ2) is 5.94. The van der Waals surface area contributed by atoms with E-state index in [4.69, 9.17) is 5.73 Å². The summed E-state index contributed by atoms with van der Waals surface area (Å²) in [7, 11) is 0. The van der Waals surface area contributed by atoms with Gasteiger partial charge in [-0.25, -0.2) is 4.39 Å². The first-order valence-electron chi connectivity index (χ1n) is 6.08. The van der Waals surface area contributed by atoms with E-state index in [1.54, 1.807) is 12.1 Å². The van der Waals surface area contributed by atoms with Crippen molar-refractivity contribution in [2.45, 2.75) is 25.3 Å². The molecule has 1 aliphatic heterocycles. The van der Waals surface area contributed by atoms with Gasteiger partial charge >= 0.3 is 0 Å². The Hall–Kier alpha value is -0.450. The van der Waals surface area contributed by atoms with E-state index < -0.39 is 0 Å². The van der Waals surface area contributed by atoms with E-state index in [0.717, 1.165) is 36.8 Å². The van der Waals surface area contributed by atoms with Crippen LogP contribution in [-0.4, -0.2) is 13.1 Å². The van der Waals surface area contributed by atoms with Crippen LogP contribution in [0.2, 0.25) is 0 Å². The molecule has 1 atom stereocenters. The van der Waals surface area contributed by atoms with E-state index in [9.17, 15) is 4.39 Å². The van der Waals surface area contributed by atoms with Gasteiger partial charge in [-0.3, -0.25) is 0 Å². The number of piperidine rings is 1. The third-order valence-electron chi connectivity index (χ3n) is 3.40. The molecule has 0 saturated carbocycles. The van der Waals surface area contributed by atoms with Gasteiger partial charge in [0.2, 0.25) is 0 Å². The lowest BCUT2D eigenvalue weighted by atomic mass is 9.88. The van der Waals surface area contributed by atoms with Gasteiger partial charge in [0.25, 0.3) is 0 Å². The van der Waals surface area contributed by atoms with E-state index in [2.05, 4.69) is 21.2 Å². The molecular formula is C13H18BrFN2. The lowest BCUT2D eigenvalue weighted by Crippen LogP contribution is -2.29. The molecule has 0 amide bonds. The minimum atomic E-state index is -0.199. The molecule has 17 heavy (non-hydrogen) atoms. The van der Waals surface area contributed by atoms with Crippen LogP contribution in [0.1, 0.15) is 30.9 Å². The SMILES string of the molecule is NC(CC1CCNCC1)c1cc(Br)ccc1F. The molecule has 0 aliphatic carbocycles. The van der Waals surface area contributed by atoms with Crippen LogP contribution in [0.4, 0.5) is 4.39 Å². The highest BCUT2D eigenvalue weighted by Crippen LogP contribution is 2.28. The van der Waals surface area contributed by atoms with Crippen molar-refractivity contribution in [1.82, 2.24) is 5.32 Å². The zero-order valence-electron chi connectivity index (χ0n) is 9.76. The van der Waals surface area contributed by atoms with Crippen molar-refractivity contribution in [3.63, 3.8) is 0 Å². The van der Waals surface area contributed by atoms with Crippen LogP contribution in [0, 0.1) is 11.7 Å². The Balaban J connectivity index is 2.02. The normalized spacial score (nSPS) is 19.2. The van der Waals surface area contributed by atoms with Crippen molar-refractivity contribution in [1.29, 1.82) is 0 Å². The second-order valence-corrected chi connectivity index (χ2v) is 5.62. The molecule has 0 aromatic heterocycles. The molecule has 0 bridgehead atoms. The van der Waals surface area contributed by atoms with Crippen molar-refractivity contribution in [2.75, 3.05) is 13.1 Å². The summed E-state index contributed by atoms with van der Waals surface area (Å²) in [6, 6.07) is 4.77. The van der Waals surface area contributed by atoms with Gasteiger partial charge in [-0.15, -0.1) is 0 Å². The zero-order chi connectivity index (χ0) is 12.3. The number of nitrogens with two attached hydrogens (primary N) is 1. The van der Waals surface area contributed by atoms with Gasteiger partial charge in [0.15, 0.2) is 0 Å². The summed E-state index contributed by atoms with van der Waals surface area (Å²) in [5.41, 5.74) is 6.74. The molecule has 4 heteroatoms. The molecule has 1 aliphatic rings. The van der Waals surface area contributed by atoms with Crippen LogP contribution in [0.3, 0.4) is 0 Å². The molecule has 0 spiro atoms. The van der Waals surface area contributed by atoms with Crippen molar-refractivity contribution < 1.29 is 4.39 Å². The summed E-state index contributed by atoms with van der Waals surface area (Å²) in [6.07, 6.45) is 3.15. The predicted octanol–water partition coefficient (Wildman–Crippen LogP) is 2.98. The maximum absolute atomic E-state index is 13.7. The maximum atomic E-state index is 13.7. The van der Waals surface area contributed by atoms with Gasteiger partial charge in [-0.1, -0.05) is 15.9 Å². The Morgan fingerprint density at radius 2 is 2.12 bits per heavy atom. The largest absolute Gasteiger partial charge is 0.324 e. The standard InChI is InChI=1S/C13H18BrFN2/c14-10-1-2-12(15)11(8-10)13(16)7-9-3-5-17-6-4-9/h1-2,8-9,13,17H,3-7,16H2. The first kappa shape index (κ1) is 13.0. The van der Waals surface area contributed by atoms with Crippen LogP contribution in [0.25, 0.3) is 0 Å². The molecule has 1 fully saturated rings. The lowest BCUT2D eigenvalue weighted by Gasteiger charge is -2.25. The summed E-state index contributed by atoms with van der Waals surface area (Å²) in [5.74, 6) is 0.416. The van der Waals surface area contributed by atoms with Crippen molar-refractivity contribution in [3.8, 4) is 0 Å². The summed E-state index contributed by atoms with van der Waals surface area (Å²) in [6.45, 7) is 2.11. The Bertz CT molecular complexity index is 378. The number of benzene rings is 1. The zero-order valence-corrected chi connectivity index (χ0v) is 11.3. The Morgan fingerprint density at radius 3 is 2.82 bits per heavy atom. The van der Waals surface area contributed by atoms with E-state index in [1.165, 1.54) is 6.07 Å². The van der Waals surface area contributed by atoms with E-state index >= 15 is 0 Å². The fourth-order valence-corrected chi connectivity index (χ4v) is 2.78. The predicted molar refractivity (Wildman–Crippen MR) is 71.2 cm³/mol.